The van der Waals surface area contributed by atoms with Crippen LogP contribution in [0, 0.1) is 11.7 Å². The van der Waals surface area contributed by atoms with E-state index >= 15 is 0 Å². The Hall–Kier alpha value is -3.03. The number of nitrogens with one attached hydrogen (secondary N) is 1. The molecule has 3 aromatic rings. The number of aromatic nitrogens is 3. The van der Waals surface area contributed by atoms with Crippen LogP contribution in [-0.2, 0) is 0 Å². The molecule has 1 atom stereocenters. The van der Waals surface area contributed by atoms with Crippen LogP contribution >= 0.6 is 0 Å². The highest BCUT2D eigenvalue weighted by Gasteiger charge is 2.30. The third-order valence-corrected chi connectivity index (χ3v) is 6.09. The minimum atomic E-state index is -0.738. The van der Waals surface area contributed by atoms with Gasteiger partial charge in [0.1, 0.15) is 17.8 Å². The van der Waals surface area contributed by atoms with Crippen molar-refractivity contribution in [2.45, 2.75) is 37.9 Å². The average molecular weight is 409 g/mol. The summed E-state index contributed by atoms with van der Waals surface area (Å²) in [7, 11) is 0. The maximum absolute atomic E-state index is 13.7. The molecule has 2 aromatic heterocycles. The van der Waals surface area contributed by atoms with Gasteiger partial charge in [0, 0.05) is 13.1 Å². The number of carbonyl (C=O) groups excluding carboxylic acids is 1. The molecule has 3 heterocycles. The standard InChI is InChI=1S/C22H23F2N5O/c23-16-4-1-3-15(11-16)18-5-2-8-28(18)21-7-6-20-25-13-19(29(20)27-21)22(30)26-12-14-9-17(24)10-14/h1,3-4,6-7,11,13-14,17-18H,2,5,8-10,12H2,(H,26,30)/i23-1,24-1. The fourth-order valence-electron chi connectivity index (χ4n) is 4.42. The molecule has 0 radical (unpaired) electrons. The van der Waals surface area contributed by atoms with Gasteiger partial charge >= 0.3 is 0 Å². The van der Waals surface area contributed by atoms with Gasteiger partial charge in [0.25, 0.3) is 5.91 Å². The molecule has 1 aliphatic heterocycles. The van der Waals surface area contributed by atoms with Crippen molar-refractivity contribution in [3.8, 4) is 0 Å². The fourth-order valence-corrected chi connectivity index (χ4v) is 4.42. The molecule has 2 fully saturated rings. The van der Waals surface area contributed by atoms with Crippen LogP contribution in [0.15, 0.2) is 42.6 Å². The van der Waals surface area contributed by atoms with Crippen LogP contribution in [0.25, 0.3) is 5.65 Å². The number of imidazole rings is 1. The molecular weight excluding hydrogens is 386 g/mol. The van der Waals surface area contributed by atoms with Gasteiger partial charge in [0.15, 0.2) is 11.3 Å². The molecule has 8 heteroatoms. The van der Waals surface area contributed by atoms with Crippen molar-refractivity contribution < 1.29 is 13.6 Å². The second-order valence-electron chi connectivity index (χ2n) is 8.16. The van der Waals surface area contributed by atoms with E-state index in [4.69, 9.17) is 0 Å². The maximum atomic E-state index is 13.7. The van der Waals surface area contributed by atoms with Crippen molar-refractivity contribution in [3.63, 3.8) is 0 Å². The van der Waals surface area contributed by atoms with Gasteiger partial charge in [-0.05, 0) is 61.4 Å². The summed E-state index contributed by atoms with van der Waals surface area (Å²) in [5, 5.41) is 7.54. The Kier molecular flexibility index (Phi) is 4.84. The van der Waals surface area contributed by atoms with Crippen LogP contribution in [0.4, 0.5) is 14.6 Å². The molecule has 1 N–H and O–H groups in total. The quantitative estimate of drug-likeness (QED) is 0.698. The van der Waals surface area contributed by atoms with E-state index < -0.39 is 6.17 Å². The number of alkyl halides is 1. The number of nitrogens with zero attached hydrogens (tertiary/aromatic N) is 4. The van der Waals surface area contributed by atoms with Gasteiger partial charge in [-0.25, -0.2) is 18.3 Å². The van der Waals surface area contributed by atoms with Gasteiger partial charge in [0.2, 0.25) is 0 Å². The van der Waals surface area contributed by atoms with Crippen LogP contribution in [0.1, 0.15) is 47.8 Å². The van der Waals surface area contributed by atoms with E-state index in [9.17, 15) is 13.6 Å². The Morgan fingerprint density at radius 2 is 2.10 bits per heavy atom. The second kappa shape index (κ2) is 7.66. The minimum Gasteiger partial charge on any atom is -0.350 e. The summed E-state index contributed by atoms with van der Waals surface area (Å²) in [6.07, 6.45) is 3.68. The molecule has 1 saturated carbocycles. The lowest BCUT2D eigenvalue weighted by Crippen LogP contribution is -2.37. The molecule has 2 aliphatic rings. The van der Waals surface area contributed by atoms with E-state index in [0.717, 1.165) is 30.8 Å². The topological polar surface area (TPSA) is 62.5 Å². The lowest BCUT2D eigenvalue weighted by atomic mass is 9.83. The first-order valence-electron chi connectivity index (χ1n) is 10.4. The van der Waals surface area contributed by atoms with Gasteiger partial charge < -0.3 is 10.2 Å². The summed E-state index contributed by atoms with van der Waals surface area (Å²) in [6, 6.07) is 10.4. The molecule has 0 bridgehead atoms. The summed E-state index contributed by atoms with van der Waals surface area (Å²) >= 11 is 0. The molecule has 0 spiro atoms. The predicted octanol–water partition coefficient (Wildman–Crippen LogP) is 3.69. The van der Waals surface area contributed by atoms with E-state index in [1.165, 1.54) is 12.3 Å². The first-order chi connectivity index (χ1) is 14.6. The van der Waals surface area contributed by atoms with E-state index in [2.05, 4.69) is 20.3 Å². The molecule has 1 unspecified atom stereocenters. The highest BCUT2D eigenvalue weighted by molar-refractivity contribution is 5.93. The van der Waals surface area contributed by atoms with Crippen molar-refractivity contribution in [1.82, 2.24) is 19.9 Å². The van der Waals surface area contributed by atoms with Crippen LogP contribution in [0.3, 0.4) is 0 Å². The molecule has 1 saturated heterocycles. The molecule has 156 valence electrons. The Balaban J connectivity index is 1.39. The van der Waals surface area contributed by atoms with Crippen molar-refractivity contribution in [1.29, 1.82) is 0 Å². The first kappa shape index (κ1) is 19.0. The third-order valence-electron chi connectivity index (χ3n) is 6.09. The predicted molar refractivity (Wildman–Crippen MR) is 109 cm³/mol. The SMILES string of the molecule is O=C(NCC1CC([18F])C1)c1cnc2ccc(N3CCCC3c3cccc([18F])c3)nn12. The Morgan fingerprint density at radius 1 is 1.23 bits per heavy atom. The lowest BCUT2D eigenvalue weighted by Gasteiger charge is -2.29. The maximum Gasteiger partial charge on any atom is 0.271 e. The van der Waals surface area contributed by atoms with E-state index in [1.54, 1.807) is 16.6 Å². The van der Waals surface area contributed by atoms with Gasteiger partial charge in [0.05, 0.1) is 12.2 Å². The Labute approximate surface area is 172 Å². The summed E-state index contributed by atoms with van der Waals surface area (Å²) in [5.74, 6) is 0.406. The van der Waals surface area contributed by atoms with Gasteiger partial charge in [-0.3, -0.25) is 4.79 Å². The van der Waals surface area contributed by atoms with Crippen LogP contribution in [-0.4, -0.2) is 39.8 Å². The first-order valence-corrected chi connectivity index (χ1v) is 10.4. The van der Waals surface area contributed by atoms with Crippen molar-refractivity contribution >= 4 is 17.4 Å². The van der Waals surface area contributed by atoms with Crippen LogP contribution < -0.4 is 10.2 Å². The summed E-state index contributed by atoms with van der Waals surface area (Å²) in [4.78, 5) is 19.1. The second-order valence-corrected chi connectivity index (χ2v) is 8.16. The number of amides is 1. The average Bonchev–Trinajstić information content (AvgIpc) is 3.36. The van der Waals surface area contributed by atoms with Crippen LogP contribution in [0.2, 0.25) is 0 Å². The Bertz CT molecular complexity index is 1080. The molecule has 1 aliphatic carbocycles. The minimum absolute atomic E-state index is 0.0405. The zero-order valence-electron chi connectivity index (χ0n) is 16.5. The van der Waals surface area contributed by atoms with E-state index in [-0.39, 0.29) is 23.7 Å². The summed E-state index contributed by atoms with van der Waals surface area (Å²) in [5.41, 5.74) is 1.85. The number of benzene rings is 1. The summed E-state index contributed by atoms with van der Waals surface area (Å²) < 4.78 is 28.3. The third kappa shape index (κ3) is 3.51. The molecule has 5 rings (SSSR count). The van der Waals surface area contributed by atoms with Crippen LogP contribution in [0.5, 0.6) is 0 Å². The number of carbonyl (C=O) groups is 1. The van der Waals surface area contributed by atoms with Crippen molar-refractivity contribution in [2.75, 3.05) is 18.0 Å². The normalized spacial score (nSPS) is 23.5. The highest BCUT2D eigenvalue weighted by Crippen LogP contribution is 2.35. The number of fused-ring (bicyclic) bond motifs is 1. The largest absolute Gasteiger partial charge is 0.350 e. The molecule has 1 amide bonds. The van der Waals surface area contributed by atoms with Gasteiger partial charge in [-0.15, -0.1) is 5.10 Å². The molecular formula is C22H23F2N5O. The fraction of sp³-hybridized carbons (Fsp3) is 0.409. The van der Waals surface area contributed by atoms with Crippen molar-refractivity contribution in [2.24, 2.45) is 5.92 Å². The zero-order valence-corrected chi connectivity index (χ0v) is 16.5. The zero-order chi connectivity index (χ0) is 20.7. The molecule has 30 heavy (non-hydrogen) atoms. The Morgan fingerprint density at radius 3 is 2.90 bits per heavy atom. The highest BCUT2D eigenvalue weighted by atomic mass is 18.2. The van der Waals surface area contributed by atoms with Gasteiger partial charge in [-0.1, -0.05) is 12.1 Å². The van der Waals surface area contributed by atoms with Crippen molar-refractivity contribution in [3.05, 3.63) is 59.7 Å². The monoisotopic (exact) mass is 409 g/mol. The number of hydrogen-bond donors (Lipinski definition) is 1. The number of anilines is 1. The lowest BCUT2D eigenvalue weighted by molar-refractivity contribution is 0.0890. The number of halogens is 2. The smallest absolute Gasteiger partial charge is 0.271 e. The molecule has 1 aromatic carbocycles. The van der Waals surface area contributed by atoms with E-state index in [1.807, 2.05) is 18.2 Å². The summed E-state index contributed by atoms with van der Waals surface area (Å²) in [6.45, 7) is 1.27. The number of rotatable bonds is 5. The number of hydrogen-bond acceptors (Lipinski definition) is 4. The van der Waals surface area contributed by atoms with Gasteiger partial charge in [-0.2, -0.15) is 0 Å². The molecule has 6 nitrogen and oxygen atoms in total. The van der Waals surface area contributed by atoms with E-state index in [0.29, 0.717) is 30.7 Å².